The normalized spacial score (nSPS) is 14.4. The molecule has 3 aromatic carbocycles. The maximum absolute atomic E-state index is 12.6. The Morgan fingerprint density at radius 1 is 1.06 bits per heavy atom. The van der Waals surface area contributed by atoms with Gasteiger partial charge in [0.15, 0.2) is 0 Å². The van der Waals surface area contributed by atoms with E-state index in [0.717, 1.165) is 17.5 Å². The lowest BCUT2D eigenvalue weighted by molar-refractivity contribution is 0.0734. The summed E-state index contributed by atoms with van der Waals surface area (Å²) in [5, 5.41) is 9.84. The molecule has 0 amide bonds. The number of nitrogens with zero attached hydrogens (tertiary/aromatic N) is 1. The summed E-state index contributed by atoms with van der Waals surface area (Å²) in [6, 6.07) is 21.5. The molecule has 0 spiro atoms. The number of nitrogens with two attached hydrogens (primary N) is 1. The molecule has 1 aliphatic rings. The molecule has 2 N–H and O–H groups in total. The first-order valence-electron chi connectivity index (χ1n) is 10.8. The van der Waals surface area contributed by atoms with Gasteiger partial charge in [-0.25, -0.2) is 4.79 Å². The van der Waals surface area contributed by atoms with Crippen LogP contribution in [0.1, 0.15) is 40.7 Å². The van der Waals surface area contributed by atoms with E-state index in [4.69, 9.17) is 24.7 Å². The van der Waals surface area contributed by atoms with E-state index in [1.54, 1.807) is 42.5 Å². The first-order chi connectivity index (χ1) is 16.5. The number of benzene rings is 3. The molecule has 0 saturated carbocycles. The van der Waals surface area contributed by atoms with Gasteiger partial charge in [0.2, 0.25) is 5.88 Å². The highest BCUT2D eigenvalue weighted by Gasteiger charge is 2.33. The van der Waals surface area contributed by atoms with Crippen LogP contribution in [-0.4, -0.2) is 19.7 Å². The van der Waals surface area contributed by atoms with Crippen LogP contribution < -0.4 is 24.7 Å². The van der Waals surface area contributed by atoms with Gasteiger partial charge in [0.1, 0.15) is 34.6 Å². The molecule has 1 unspecified atom stereocenters. The second-order valence-corrected chi connectivity index (χ2v) is 7.63. The number of methoxy groups -OCH3 is 1. The summed E-state index contributed by atoms with van der Waals surface area (Å²) in [6.45, 7) is 2.58. The van der Waals surface area contributed by atoms with Gasteiger partial charge in [-0.15, -0.1) is 0 Å². The van der Waals surface area contributed by atoms with E-state index in [0.29, 0.717) is 35.0 Å². The number of carbonyl (C=O) groups excluding carboxylic acids is 1. The van der Waals surface area contributed by atoms with Crippen LogP contribution in [0.25, 0.3) is 0 Å². The zero-order valence-electron chi connectivity index (χ0n) is 18.9. The molecule has 34 heavy (non-hydrogen) atoms. The zero-order valence-corrected chi connectivity index (χ0v) is 18.9. The average Bonchev–Trinajstić information content (AvgIpc) is 2.86. The molecule has 1 heterocycles. The summed E-state index contributed by atoms with van der Waals surface area (Å²) in [4.78, 5) is 12.6. The van der Waals surface area contributed by atoms with Crippen LogP contribution in [0, 0.1) is 11.3 Å². The number of carbonyl (C=O) groups is 1. The third kappa shape index (κ3) is 4.52. The summed E-state index contributed by atoms with van der Waals surface area (Å²) in [6.07, 6.45) is 0.851. The fraction of sp³-hybridized carbons (Fsp3) is 0.185. The van der Waals surface area contributed by atoms with Gasteiger partial charge in [0.05, 0.1) is 25.2 Å². The minimum absolute atomic E-state index is 0.00145. The summed E-state index contributed by atoms with van der Waals surface area (Å²) in [5.41, 5.74) is 8.30. The molecule has 7 heteroatoms. The maximum Gasteiger partial charge on any atom is 0.343 e. The smallest absolute Gasteiger partial charge is 0.343 e. The maximum atomic E-state index is 12.6. The summed E-state index contributed by atoms with van der Waals surface area (Å²) in [5.74, 6) is 0.905. The second-order valence-electron chi connectivity index (χ2n) is 7.63. The summed E-state index contributed by atoms with van der Waals surface area (Å²) < 4.78 is 22.4. The first kappa shape index (κ1) is 22.7. The van der Waals surface area contributed by atoms with Crippen molar-refractivity contribution in [2.75, 3.05) is 13.7 Å². The molecular weight excluding hydrogens is 432 g/mol. The highest BCUT2D eigenvalue weighted by Crippen LogP contribution is 2.45. The van der Waals surface area contributed by atoms with E-state index in [-0.39, 0.29) is 11.6 Å². The molecule has 0 fully saturated rings. The van der Waals surface area contributed by atoms with Gasteiger partial charge in [0.25, 0.3) is 0 Å². The number of fused-ring (bicyclic) bond motifs is 1. The van der Waals surface area contributed by atoms with Crippen molar-refractivity contribution in [1.82, 2.24) is 0 Å². The first-order valence-corrected chi connectivity index (χ1v) is 10.8. The Bertz CT molecular complexity index is 1290. The number of nitriles is 1. The summed E-state index contributed by atoms with van der Waals surface area (Å²) >= 11 is 0. The van der Waals surface area contributed by atoms with Gasteiger partial charge in [-0.2, -0.15) is 5.26 Å². The molecule has 0 saturated heterocycles. The summed E-state index contributed by atoms with van der Waals surface area (Å²) in [7, 11) is 1.53. The molecule has 1 aliphatic heterocycles. The van der Waals surface area contributed by atoms with Crippen LogP contribution in [-0.2, 0) is 0 Å². The van der Waals surface area contributed by atoms with Crippen molar-refractivity contribution in [3.63, 3.8) is 0 Å². The number of rotatable bonds is 7. The van der Waals surface area contributed by atoms with Crippen molar-refractivity contribution in [2.24, 2.45) is 5.73 Å². The highest BCUT2D eigenvalue weighted by atomic mass is 16.5. The quantitative estimate of drug-likeness (QED) is 0.397. The number of allylic oxidation sites excluding steroid dienone is 1. The molecular formula is C27H24N2O5. The number of hydrogen-bond acceptors (Lipinski definition) is 7. The van der Waals surface area contributed by atoms with Crippen molar-refractivity contribution in [2.45, 2.75) is 19.3 Å². The fourth-order valence-corrected chi connectivity index (χ4v) is 3.80. The van der Waals surface area contributed by atoms with Crippen molar-refractivity contribution in [3.8, 4) is 29.1 Å². The Labute approximate surface area is 197 Å². The van der Waals surface area contributed by atoms with Gasteiger partial charge in [-0.3, -0.25) is 0 Å². The zero-order chi connectivity index (χ0) is 24.1. The number of esters is 1. The van der Waals surface area contributed by atoms with Crippen molar-refractivity contribution < 1.29 is 23.7 Å². The van der Waals surface area contributed by atoms with E-state index in [2.05, 4.69) is 6.07 Å². The van der Waals surface area contributed by atoms with E-state index < -0.39 is 11.9 Å². The van der Waals surface area contributed by atoms with Gasteiger partial charge in [-0.1, -0.05) is 37.3 Å². The van der Waals surface area contributed by atoms with Crippen molar-refractivity contribution >= 4 is 5.97 Å². The molecule has 3 aromatic rings. The molecule has 7 nitrogen and oxygen atoms in total. The molecule has 0 aliphatic carbocycles. The molecule has 0 radical (unpaired) electrons. The van der Waals surface area contributed by atoms with Crippen LogP contribution in [0.3, 0.4) is 0 Å². The lowest BCUT2D eigenvalue weighted by atomic mass is 9.83. The molecule has 1 atom stereocenters. The topological polar surface area (TPSA) is 104 Å². The number of hydrogen-bond donors (Lipinski definition) is 1. The van der Waals surface area contributed by atoms with Gasteiger partial charge in [-0.05, 0) is 36.8 Å². The highest BCUT2D eigenvalue weighted by molar-refractivity contribution is 5.91. The third-order valence-corrected chi connectivity index (χ3v) is 5.40. The van der Waals surface area contributed by atoms with Crippen molar-refractivity contribution in [1.29, 1.82) is 5.26 Å². The predicted octanol–water partition coefficient (Wildman–Crippen LogP) is 4.92. The molecule has 0 aromatic heterocycles. The Morgan fingerprint density at radius 2 is 1.88 bits per heavy atom. The van der Waals surface area contributed by atoms with Gasteiger partial charge < -0.3 is 24.7 Å². The van der Waals surface area contributed by atoms with Crippen LogP contribution in [0.2, 0.25) is 0 Å². The fourth-order valence-electron chi connectivity index (χ4n) is 3.80. The van der Waals surface area contributed by atoms with Crippen LogP contribution in [0.15, 0.2) is 78.2 Å². The van der Waals surface area contributed by atoms with Crippen LogP contribution in [0.4, 0.5) is 0 Å². The Morgan fingerprint density at radius 3 is 2.65 bits per heavy atom. The van der Waals surface area contributed by atoms with Crippen LogP contribution in [0.5, 0.6) is 23.0 Å². The largest absolute Gasteiger partial charge is 0.497 e. The van der Waals surface area contributed by atoms with E-state index in [1.165, 1.54) is 7.11 Å². The predicted molar refractivity (Wildman–Crippen MR) is 126 cm³/mol. The molecule has 4 rings (SSSR count). The molecule has 0 bridgehead atoms. The van der Waals surface area contributed by atoms with Crippen molar-refractivity contribution in [3.05, 3.63) is 94.9 Å². The van der Waals surface area contributed by atoms with Gasteiger partial charge in [0, 0.05) is 17.2 Å². The minimum atomic E-state index is -0.536. The Hall–Kier alpha value is -4.44. The van der Waals surface area contributed by atoms with E-state index >= 15 is 0 Å². The molecule has 172 valence electrons. The lowest BCUT2D eigenvalue weighted by Crippen LogP contribution is -2.21. The van der Waals surface area contributed by atoms with E-state index in [9.17, 15) is 10.1 Å². The Balaban J connectivity index is 1.69. The minimum Gasteiger partial charge on any atom is -0.497 e. The standard InChI is InChI=1S/C27H24N2O5/c1-3-13-32-23-10-5-4-9-20(23)25-21-12-11-19(15-24(21)34-26(29)22(25)16-28)33-27(30)17-7-6-8-18(14-17)31-2/h4-12,14-15,25H,3,13,29H2,1-2H3. The lowest BCUT2D eigenvalue weighted by Gasteiger charge is -2.28. The number of para-hydroxylation sites is 1. The third-order valence-electron chi connectivity index (χ3n) is 5.40. The number of ether oxygens (including phenoxy) is 4. The van der Waals surface area contributed by atoms with Crippen LogP contribution >= 0.6 is 0 Å². The second kappa shape index (κ2) is 10.0. The monoisotopic (exact) mass is 456 g/mol. The average molecular weight is 456 g/mol. The van der Waals surface area contributed by atoms with Gasteiger partial charge >= 0.3 is 5.97 Å². The van der Waals surface area contributed by atoms with E-state index in [1.807, 2.05) is 31.2 Å². The Kier molecular flexibility index (Phi) is 6.69. The SMILES string of the molecule is CCCOc1ccccc1C1C(C#N)=C(N)Oc2cc(OC(=O)c3cccc(OC)c3)ccc21.